The topological polar surface area (TPSA) is 40.5 Å². The molecule has 3 fully saturated rings. The molecular weight excluding hydrogens is 262 g/mol. The number of nitrogens with zero attached hydrogens (tertiary/aromatic N) is 1. The van der Waals surface area contributed by atoms with E-state index in [-0.39, 0.29) is 5.92 Å². The summed E-state index contributed by atoms with van der Waals surface area (Å²) >= 11 is 0. The van der Waals surface area contributed by atoms with E-state index >= 15 is 0 Å². The Labute approximate surface area is 129 Å². The maximum absolute atomic E-state index is 12.3. The van der Waals surface area contributed by atoms with Crippen molar-refractivity contribution >= 4 is 5.78 Å². The van der Waals surface area contributed by atoms with E-state index in [9.17, 15) is 9.90 Å². The number of carbonyl (C=O) groups excluding carboxylic acids is 1. The van der Waals surface area contributed by atoms with E-state index < -0.39 is 5.60 Å². The minimum absolute atomic E-state index is 0.256. The molecule has 3 nitrogen and oxygen atoms in total. The van der Waals surface area contributed by atoms with Gasteiger partial charge in [-0.1, -0.05) is 32.1 Å². The highest BCUT2D eigenvalue weighted by atomic mass is 16.3. The second-order valence-corrected chi connectivity index (χ2v) is 7.64. The summed E-state index contributed by atoms with van der Waals surface area (Å²) in [5, 5.41) is 10.9. The zero-order valence-corrected chi connectivity index (χ0v) is 13.4. The van der Waals surface area contributed by atoms with Crippen molar-refractivity contribution in [3.05, 3.63) is 0 Å². The number of rotatable bonds is 3. The van der Waals surface area contributed by atoms with E-state index in [1.165, 1.54) is 25.7 Å². The van der Waals surface area contributed by atoms with Crippen molar-refractivity contribution in [2.75, 3.05) is 13.1 Å². The number of piperidine rings is 1. The fourth-order valence-corrected chi connectivity index (χ4v) is 4.83. The lowest BCUT2D eigenvalue weighted by Crippen LogP contribution is -2.53. The van der Waals surface area contributed by atoms with Crippen molar-refractivity contribution in [3.63, 3.8) is 0 Å². The molecule has 21 heavy (non-hydrogen) atoms. The highest BCUT2D eigenvalue weighted by Crippen LogP contribution is 2.35. The first-order valence-corrected chi connectivity index (χ1v) is 9.17. The lowest BCUT2D eigenvalue weighted by molar-refractivity contribution is -0.129. The first kappa shape index (κ1) is 15.5. The summed E-state index contributed by atoms with van der Waals surface area (Å²) in [6.07, 6.45) is 13.3. The van der Waals surface area contributed by atoms with Crippen LogP contribution in [0.25, 0.3) is 0 Å². The Morgan fingerprint density at radius 1 is 1.00 bits per heavy atom. The molecule has 1 aliphatic heterocycles. The summed E-state index contributed by atoms with van der Waals surface area (Å²) in [5.41, 5.74) is -0.481. The molecule has 1 saturated heterocycles. The van der Waals surface area contributed by atoms with Crippen molar-refractivity contribution in [2.24, 2.45) is 5.92 Å². The number of hydrogen-bond donors (Lipinski definition) is 1. The molecule has 2 atom stereocenters. The Kier molecular flexibility index (Phi) is 5.00. The molecule has 0 amide bonds. The summed E-state index contributed by atoms with van der Waals surface area (Å²) in [7, 11) is 0. The van der Waals surface area contributed by atoms with Gasteiger partial charge in [0.25, 0.3) is 0 Å². The number of ketones is 1. The lowest BCUT2D eigenvalue weighted by Gasteiger charge is -2.45. The number of aliphatic hydroxyl groups is 1. The molecule has 3 aliphatic rings. The fourth-order valence-electron chi connectivity index (χ4n) is 4.83. The van der Waals surface area contributed by atoms with Crippen LogP contribution in [-0.4, -0.2) is 40.5 Å². The molecule has 0 aromatic carbocycles. The molecule has 120 valence electrons. The minimum Gasteiger partial charge on any atom is -0.389 e. The van der Waals surface area contributed by atoms with Crippen LogP contribution < -0.4 is 0 Å². The Morgan fingerprint density at radius 3 is 2.52 bits per heavy atom. The zero-order chi connectivity index (χ0) is 14.7. The molecule has 0 radical (unpaired) electrons. The standard InChI is InChI=1S/C18H31NO2/c20-17-10-3-2-8-15(17)16-9-4-7-13-19(16)14-18(21)11-5-1-6-12-18/h15-16,21H,1-14H2. The summed E-state index contributed by atoms with van der Waals surface area (Å²) in [6, 6.07) is 0.414. The largest absolute Gasteiger partial charge is 0.389 e. The molecule has 0 aromatic heterocycles. The Hall–Kier alpha value is -0.410. The number of likely N-dealkylation sites (tertiary alicyclic amines) is 1. The molecule has 3 rings (SSSR count). The molecule has 0 spiro atoms. The van der Waals surface area contributed by atoms with Crippen molar-refractivity contribution in [3.8, 4) is 0 Å². The van der Waals surface area contributed by atoms with Crippen LogP contribution in [0.3, 0.4) is 0 Å². The van der Waals surface area contributed by atoms with E-state index in [4.69, 9.17) is 0 Å². The Balaban J connectivity index is 1.67. The first-order valence-electron chi connectivity index (χ1n) is 9.17. The highest BCUT2D eigenvalue weighted by molar-refractivity contribution is 5.82. The van der Waals surface area contributed by atoms with Crippen LogP contribution in [0.2, 0.25) is 0 Å². The number of carbonyl (C=O) groups is 1. The average molecular weight is 293 g/mol. The van der Waals surface area contributed by atoms with Crippen molar-refractivity contribution in [1.82, 2.24) is 4.90 Å². The van der Waals surface area contributed by atoms with Gasteiger partial charge in [0.05, 0.1) is 5.60 Å². The normalized spacial score (nSPS) is 34.8. The summed E-state index contributed by atoms with van der Waals surface area (Å²) in [5.74, 6) is 0.750. The van der Waals surface area contributed by atoms with Crippen molar-refractivity contribution in [1.29, 1.82) is 0 Å². The summed E-state index contributed by atoms with van der Waals surface area (Å²) < 4.78 is 0. The van der Waals surface area contributed by atoms with Gasteiger partial charge in [-0.25, -0.2) is 0 Å². The van der Waals surface area contributed by atoms with E-state index in [1.54, 1.807) is 0 Å². The van der Waals surface area contributed by atoms with Crippen LogP contribution in [0.4, 0.5) is 0 Å². The SMILES string of the molecule is O=C1CCCCC1C1CCCCN1CC1(O)CCCCC1. The lowest BCUT2D eigenvalue weighted by atomic mass is 9.77. The van der Waals surface area contributed by atoms with Gasteiger partial charge in [0.2, 0.25) is 0 Å². The Bertz CT molecular complexity index is 362. The number of Topliss-reactive ketones (excluding diaryl/α,β-unsaturated/α-hetero) is 1. The zero-order valence-electron chi connectivity index (χ0n) is 13.4. The van der Waals surface area contributed by atoms with Crippen LogP contribution in [0.1, 0.15) is 77.0 Å². The van der Waals surface area contributed by atoms with Gasteiger partial charge in [-0.2, -0.15) is 0 Å². The van der Waals surface area contributed by atoms with Crippen molar-refractivity contribution < 1.29 is 9.90 Å². The first-order chi connectivity index (χ1) is 10.2. The third kappa shape index (κ3) is 3.68. The fraction of sp³-hybridized carbons (Fsp3) is 0.944. The molecular formula is C18H31NO2. The molecule has 1 heterocycles. The summed E-state index contributed by atoms with van der Waals surface area (Å²) in [4.78, 5) is 14.8. The highest BCUT2D eigenvalue weighted by Gasteiger charge is 2.39. The van der Waals surface area contributed by atoms with Gasteiger partial charge in [-0.3, -0.25) is 9.69 Å². The van der Waals surface area contributed by atoms with E-state index in [1.807, 2.05) is 0 Å². The van der Waals surface area contributed by atoms with Gasteiger partial charge in [-0.05, 0) is 45.1 Å². The van der Waals surface area contributed by atoms with Crippen LogP contribution in [0.5, 0.6) is 0 Å². The van der Waals surface area contributed by atoms with Gasteiger partial charge in [-0.15, -0.1) is 0 Å². The quantitative estimate of drug-likeness (QED) is 0.868. The second-order valence-electron chi connectivity index (χ2n) is 7.64. The van der Waals surface area contributed by atoms with Gasteiger partial charge in [0.15, 0.2) is 0 Å². The summed E-state index contributed by atoms with van der Waals surface area (Å²) in [6.45, 7) is 1.89. The molecule has 2 aliphatic carbocycles. The van der Waals surface area contributed by atoms with E-state index in [0.717, 1.165) is 64.5 Å². The van der Waals surface area contributed by atoms with Gasteiger partial charge in [0.1, 0.15) is 5.78 Å². The monoisotopic (exact) mass is 293 g/mol. The molecule has 1 N–H and O–H groups in total. The molecule has 0 aromatic rings. The van der Waals surface area contributed by atoms with Crippen molar-refractivity contribution in [2.45, 2.75) is 88.7 Å². The van der Waals surface area contributed by atoms with E-state index in [2.05, 4.69) is 4.90 Å². The van der Waals surface area contributed by atoms with Crippen LogP contribution in [-0.2, 0) is 4.79 Å². The van der Waals surface area contributed by atoms with Crippen LogP contribution >= 0.6 is 0 Å². The van der Waals surface area contributed by atoms with E-state index in [0.29, 0.717) is 11.8 Å². The molecule has 3 heteroatoms. The number of hydrogen-bond acceptors (Lipinski definition) is 3. The predicted molar refractivity (Wildman–Crippen MR) is 84.2 cm³/mol. The minimum atomic E-state index is -0.481. The number of β-amino-alcohol motifs (C(OH)–C–C–N with tert-alkyl or cyclic N) is 1. The molecule has 0 bridgehead atoms. The molecule has 2 unspecified atom stereocenters. The second kappa shape index (κ2) is 6.78. The third-order valence-corrected chi connectivity index (χ3v) is 6.01. The van der Waals surface area contributed by atoms with Crippen LogP contribution in [0, 0.1) is 5.92 Å². The smallest absolute Gasteiger partial charge is 0.137 e. The average Bonchev–Trinajstić information content (AvgIpc) is 2.49. The predicted octanol–water partition coefficient (Wildman–Crippen LogP) is 3.30. The van der Waals surface area contributed by atoms with Gasteiger partial charge < -0.3 is 5.11 Å². The van der Waals surface area contributed by atoms with Gasteiger partial charge >= 0.3 is 0 Å². The maximum atomic E-state index is 12.3. The van der Waals surface area contributed by atoms with Gasteiger partial charge in [0, 0.05) is 24.9 Å². The van der Waals surface area contributed by atoms with Crippen LogP contribution in [0.15, 0.2) is 0 Å². The maximum Gasteiger partial charge on any atom is 0.137 e. The molecule has 2 saturated carbocycles. The third-order valence-electron chi connectivity index (χ3n) is 6.01. The Morgan fingerprint density at radius 2 is 1.76 bits per heavy atom.